The van der Waals surface area contributed by atoms with Crippen LogP contribution in [0.5, 0.6) is 5.75 Å². The second-order valence-corrected chi connectivity index (χ2v) is 8.19. The summed E-state index contributed by atoms with van der Waals surface area (Å²) < 4.78 is 17.0. The summed E-state index contributed by atoms with van der Waals surface area (Å²) in [4.78, 5) is 31.0. The topological polar surface area (TPSA) is 72.2 Å². The minimum Gasteiger partial charge on any atom is -0.490 e. The third-order valence-corrected chi connectivity index (χ3v) is 6.20. The fourth-order valence-corrected chi connectivity index (χ4v) is 4.52. The van der Waals surface area contributed by atoms with Crippen molar-refractivity contribution in [3.63, 3.8) is 0 Å². The van der Waals surface area contributed by atoms with Crippen molar-refractivity contribution in [1.82, 2.24) is 9.80 Å². The molecule has 0 saturated carbocycles. The van der Waals surface area contributed by atoms with Gasteiger partial charge >= 0.3 is 0 Å². The zero-order valence-electron chi connectivity index (χ0n) is 18.4. The number of ether oxygens (including phenoxy) is 2. The Bertz CT molecular complexity index is 1230. The van der Waals surface area contributed by atoms with Crippen LogP contribution in [0.1, 0.15) is 27.7 Å². The Hall–Kier alpha value is -3.42. The minimum absolute atomic E-state index is 0.137. The average molecular weight is 447 g/mol. The van der Waals surface area contributed by atoms with Gasteiger partial charge in [-0.25, -0.2) is 0 Å². The van der Waals surface area contributed by atoms with Crippen LogP contribution in [0.4, 0.5) is 0 Å². The van der Waals surface area contributed by atoms with Gasteiger partial charge in [0.2, 0.25) is 5.76 Å². The Morgan fingerprint density at radius 3 is 2.55 bits per heavy atom. The van der Waals surface area contributed by atoms with Crippen molar-refractivity contribution in [2.45, 2.75) is 6.04 Å². The zero-order valence-corrected chi connectivity index (χ0v) is 18.4. The molecular formula is C26H26N2O5. The van der Waals surface area contributed by atoms with Crippen LogP contribution in [0.15, 0.2) is 70.4 Å². The maximum Gasteiger partial charge on any atom is 0.290 e. The van der Waals surface area contributed by atoms with Crippen molar-refractivity contribution in [3.8, 4) is 5.75 Å². The van der Waals surface area contributed by atoms with Crippen LogP contribution >= 0.6 is 0 Å². The minimum atomic E-state index is -0.511. The summed E-state index contributed by atoms with van der Waals surface area (Å²) >= 11 is 0. The molecule has 1 atom stereocenters. The molecular weight excluding hydrogens is 420 g/mol. The lowest BCUT2D eigenvalue weighted by molar-refractivity contribution is 0.0314. The van der Waals surface area contributed by atoms with Gasteiger partial charge in [-0.05, 0) is 29.8 Å². The maximum atomic E-state index is 13.5. The van der Waals surface area contributed by atoms with Gasteiger partial charge < -0.3 is 18.8 Å². The molecule has 33 heavy (non-hydrogen) atoms. The van der Waals surface area contributed by atoms with Gasteiger partial charge in [-0.3, -0.25) is 14.5 Å². The first-order chi connectivity index (χ1) is 16.2. The average Bonchev–Trinajstić information content (AvgIpc) is 3.14. The van der Waals surface area contributed by atoms with Crippen molar-refractivity contribution in [1.29, 1.82) is 0 Å². The molecule has 0 bridgehead atoms. The molecule has 0 aliphatic carbocycles. The smallest absolute Gasteiger partial charge is 0.290 e. The van der Waals surface area contributed by atoms with Crippen LogP contribution in [0.2, 0.25) is 0 Å². The normalized spacial score (nSPS) is 18.5. The molecule has 3 aromatic rings. The fourth-order valence-electron chi connectivity index (χ4n) is 4.52. The summed E-state index contributed by atoms with van der Waals surface area (Å²) in [5, 5.41) is 0.481. The molecule has 0 N–H and O–H groups in total. The van der Waals surface area contributed by atoms with Crippen molar-refractivity contribution < 1.29 is 18.7 Å². The summed E-state index contributed by atoms with van der Waals surface area (Å²) in [6, 6.07) is 14.1. The second-order valence-electron chi connectivity index (χ2n) is 8.19. The molecule has 5 rings (SSSR count). The van der Waals surface area contributed by atoms with E-state index in [-0.39, 0.29) is 17.1 Å². The highest BCUT2D eigenvalue weighted by atomic mass is 16.5. The van der Waals surface area contributed by atoms with Crippen LogP contribution in [-0.2, 0) is 4.74 Å². The number of morpholine rings is 1. The van der Waals surface area contributed by atoms with Crippen LogP contribution < -0.4 is 10.2 Å². The van der Waals surface area contributed by atoms with E-state index in [4.69, 9.17) is 13.9 Å². The molecule has 1 unspecified atom stereocenters. The van der Waals surface area contributed by atoms with Crippen LogP contribution in [0, 0.1) is 0 Å². The number of hydrogen-bond donors (Lipinski definition) is 0. The van der Waals surface area contributed by atoms with Gasteiger partial charge in [-0.2, -0.15) is 0 Å². The molecule has 1 fully saturated rings. The quantitative estimate of drug-likeness (QED) is 0.519. The first kappa shape index (κ1) is 21.4. The predicted molar refractivity (Wildman–Crippen MR) is 125 cm³/mol. The van der Waals surface area contributed by atoms with E-state index < -0.39 is 6.04 Å². The summed E-state index contributed by atoms with van der Waals surface area (Å²) in [5.74, 6) is 0.587. The third-order valence-electron chi connectivity index (χ3n) is 6.20. The van der Waals surface area contributed by atoms with Gasteiger partial charge in [-0.1, -0.05) is 36.9 Å². The van der Waals surface area contributed by atoms with Crippen molar-refractivity contribution in [2.75, 3.05) is 46.0 Å². The standard InChI is InChI=1S/C26H26N2O5/c1-2-15-32-19-9-7-18(8-10-19)23-22-24(29)20-5-3-4-6-21(20)33-25(22)26(30)28(23)12-11-27-13-16-31-17-14-27/h2-10,23H,1,11-17H2. The van der Waals surface area contributed by atoms with Crippen LogP contribution in [0.3, 0.4) is 0 Å². The largest absolute Gasteiger partial charge is 0.490 e. The maximum absolute atomic E-state index is 13.5. The molecule has 3 heterocycles. The molecule has 1 amide bonds. The van der Waals surface area contributed by atoms with E-state index in [0.717, 1.165) is 18.7 Å². The first-order valence-electron chi connectivity index (χ1n) is 11.2. The van der Waals surface area contributed by atoms with E-state index in [9.17, 15) is 9.59 Å². The molecule has 2 aliphatic heterocycles. The van der Waals surface area contributed by atoms with E-state index >= 15 is 0 Å². The monoisotopic (exact) mass is 446 g/mol. The summed E-state index contributed by atoms with van der Waals surface area (Å²) in [6.07, 6.45) is 1.68. The fraction of sp³-hybridized carbons (Fsp3) is 0.308. The molecule has 170 valence electrons. The molecule has 1 saturated heterocycles. The third kappa shape index (κ3) is 4.05. The van der Waals surface area contributed by atoms with Gasteiger partial charge in [0.15, 0.2) is 5.43 Å². The van der Waals surface area contributed by atoms with E-state index in [0.29, 0.717) is 55.2 Å². The van der Waals surface area contributed by atoms with E-state index in [1.165, 1.54) is 0 Å². The number of benzene rings is 2. The van der Waals surface area contributed by atoms with Crippen LogP contribution in [0.25, 0.3) is 11.0 Å². The number of amides is 1. The number of nitrogens with zero attached hydrogens (tertiary/aromatic N) is 2. The Labute approximate surface area is 191 Å². The van der Waals surface area contributed by atoms with Gasteiger partial charge in [0.05, 0.1) is 30.2 Å². The Morgan fingerprint density at radius 2 is 1.79 bits per heavy atom. The Morgan fingerprint density at radius 1 is 1.03 bits per heavy atom. The van der Waals surface area contributed by atoms with E-state index in [1.54, 1.807) is 35.2 Å². The molecule has 0 spiro atoms. The van der Waals surface area contributed by atoms with Crippen molar-refractivity contribution in [3.05, 3.63) is 88.3 Å². The van der Waals surface area contributed by atoms with Crippen LogP contribution in [-0.4, -0.2) is 61.7 Å². The molecule has 0 radical (unpaired) electrons. The lowest BCUT2D eigenvalue weighted by atomic mass is 9.98. The first-order valence-corrected chi connectivity index (χ1v) is 11.2. The molecule has 1 aromatic heterocycles. The van der Waals surface area contributed by atoms with E-state index in [2.05, 4.69) is 11.5 Å². The Kier molecular flexibility index (Phi) is 5.98. The number of para-hydroxylation sites is 1. The number of hydrogen-bond acceptors (Lipinski definition) is 6. The highest BCUT2D eigenvalue weighted by Gasteiger charge is 2.42. The van der Waals surface area contributed by atoms with Crippen molar-refractivity contribution in [2.24, 2.45) is 0 Å². The van der Waals surface area contributed by atoms with Crippen molar-refractivity contribution >= 4 is 16.9 Å². The zero-order chi connectivity index (χ0) is 22.8. The van der Waals surface area contributed by atoms with Gasteiger partial charge in [-0.15, -0.1) is 0 Å². The number of rotatable bonds is 7. The summed E-state index contributed by atoms with van der Waals surface area (Å²) in [5.41, 5.74) is 1.51. The summed E-state index contributed by atoms with van der Waals surface area (Å²) in [7, 11) is 0. The van der Waals surface area contributed by atoms with Gasteiger partial charge in [0.1, 0.15) is 17.9 Å². The molecule has 7 nitrogen and oxygen atoms in total. The van der Waals surface area contributed by atoms with E-state index in [1.807, 2.05) is 24.3 Å². The predicted octanol–water partition coefficient (Wildman–Crippen LogP) is 3.24. The number of carbonyl (C=O) groups is 1. The SMILES string of the molecule is C=CCOc1ccc(C2c3c(oc4ccccc4c3=O)C(=O)N2CCN2CCOCC2)cc1. The van der Waals surface area contributed by atoms with Gasteiger partial charge in [0.25, 0.3) is 5.91 Å². The second kappa shape index (κ2) is 9.21. The molecule has 2 aliphatic rings. The molecule has 2 aromatic carbocycles. The highest BCUT2D eigenvalue weighted by Crippen LogP contribution is 2.38. The number of fused-ring (bicyclic) bond motifs is 2. The lowest BCUT2D eigenvalue weighted by Gasteiger charge is -2.31. The summed E-state index contributed by atoms with van der Waals surface area (Å²) in [6.45, 7) is 8.30. The Balaban J connectivity index is 1.54. The number of carbonyl (C=O) groups excluding carboxylic acids is 1. The van der Waals surface area contributed by atoms with Gasteiger partial charge in [0, 0.05) is 26.2 Å². The lowest BCUT2D eigenvalue weighted by Crippen LogP contribution is -2.42. The molecule has 7 heteroatoms. The highest BCUT2D eigenvalue weighted by molar-refractivity contribution is 5.99.